The first-order chi connectivity index (χ1) is 15.6. The number of ether oxygens (including phenoxy) is 3. The zero-order valence-electron chi connectivity index (χ0n) is 16.9. The molecule has 1 N–H and O–H groups in total. The van der Waals surface area contributed by atoms with Crippen molar-refractivity contribution in [3.63, 3.8) is 0 Å². The molecule has 11 heteroatoms. The van der Waals surface area contributed by atoms with Crippen molar-refractivity contribution in [2.45, 2.75) is 44.4 Å². The third kappa shape index (κ3) is 4.08. The molecule has 33 heavy (non-hydrogen) atoms. The molecule has 0 spiro atoms. The highest BCUT2D eigenvalue weighted by atomic mass is 19.4. The molecule has 6 nitrogen and oxygen atoms in total. The Morgan fingerprint density at radius 3 is 2.70 bits per heavy atom. The highest BCUT2D eigenvalue weighted by Crippen LogP contribution is 2.42. The molecule has 1 aliphatic heterocycles. The Bertz CT molecular complexity index is 1210. The standard InChI is InChI=1S/C22H17F5N2O4/c23-21(24,25)20-15-5-2-6-16(30)19(15)29(28-20)13-3-1-4-14(10-13)31-11-12-7-8-17-18(9-12)33-22(26,27)32-17/h1,3-4,7-10,16,30H,2,5-6,11H2. The van der Waals surface area contributed by atoms with E-state index in [-0.39, 0.29) is 35.8 Å². The number of fused-ring (bicyclic) bond motifs is 2. The summed E-state index contributed by atoms with van der Waals surface area (Å²) < 4.78 is 82.5. The largest absolute Gasteiger partial charge is 0.586 e. The zero-order chi connectivity index (χ0) is 23.4. The van der Waals surface area contributed by atoms with E-state index in [2.05, 4.69) is 14.6 Å². The predicted octanol–water partition coefficient (Wildman–Crippen LogP) is 5.16. The van der Waals surface area contributed by atoms with Crippen molar-refractivity contribution in [2.75, 3.05) is 0 Å². The van der Waals surface area contributed by atoms with Gasteiger partial charge in [0, 0.05) is 11.6 Å². The molecule has 1 unspecified atom stereocenters. The normalized spacial score (nSPS) is 18.8. The van der Waals surface area contributed by atoms with Gasteiger partial charge in [0.25, 0.3) is 0 Å². The average Bonchev–Trinajstić information content (AvgIpc) is 3.29. The number of hydrogen-bond acceptors (Lipinski definition) is 5. The van der Waals surface area contributed by atoms with Crippen LogP contribution >= 0.6 is 0 Å². The summed E-state index contributed by atoms with van der Waals surface area (Å²) in [6.07, 6.45) is -8.47. The molecule has 1 aliphatic carbocycles. The molecule has 0 saturated heterocycles. The minimum absolute atomic E-state index is 0.00438. The average molecular weight is 468 g/mol. The van der Waals surface area contributed by atoms with Crippen LogP contribution in [0.15, 0.2) is 42.5 Å². The monoisotopic (exact) mass is 468 g/mol. The molecular weight excluding hydrogens is 451 g/mol. The van der Waals surface area contributed by atoms with Gasteiger partial charge in [-0.3, -0.25) is 0 Å². The van der Waals surface area contributed by atoms with E-state index in [9.17, 15) is 27.1 Å². The lowest BCUT2D eigenvalue weighted by atomic mass is 9.93. The minimum Gasteiger partial charge on any atom is -0.489 e. The van der Waals surface area contributed by atoms with Gasteiger partial charge in [0.05, 0.1) is 17.5 Å². The molecule has 174 valence electrons. The number of nitrogens with zero attached hydrogens (tertiary/aromatic N) is 2. The molecule has 2 aliphatic rings. The van der Waals surface area contributed by atoms with E-state index < -0.39 is 24.3 Å². The van der Waals surface area contributed by atoms with E-state index >= 15 is 0 Å². The fraction of sp³-hybridized carbons (Fsp3) is 0.318. The van der Waals surface area contributed by atoms with Gasteiger partial charge in [-0.1, -0.05) is 12.1 Å². The lowest BCUT2D eigenvalue weighted by Gasteiger charge is -2.20. The fourth-order valence-electron chi connectivity index (χ4n) is 4.04. The van der Waals surface area contributed by atoms with E-state index in [1.165, 1.54) is 24.3 Å². The van der Waals surface area contributed by atoms with E-state index in [1.807, 2.05) is 0 Å². The maximum Gasteiger partial charge on any atom is 0.586 e. The van der Waals surface area contributed by atoms with Gasteiger partial charge in [0.1, 0.15) is 12.4 Å². The third-order valence-electron chi connectivity index (χ3n) is 5.45. The van der Waals surface area contributed by atoms with E-state index in [1.54, 1.807) is 18.2 Å². The number of aliphatic hydroxyl groups excluding tert-OH is 1. The number of alkyl halides is 5. The number of hydrogen-bond donors (Lipinski definition) is 1. The molecule has 3 aromatic rings. The molecule has 0 bridgehead atoms. The van der Waals surface area contributed by atoms with Crippen molar-refractivity contribution in [1.29, 1.82) is 0 Å². The summed E-state index contributed by atoms with van der Waals surface area (Å²) in [6, 6.07) is 10.5. The fourth-order valence-corrected chi connectivity index (χ4v) is 4.04. The topological polar surface area (TPSA) is 65.7 Å². The first-order valence-corrected chi connectivity index (χ1v) is 10.1. The Morgan fingerprint density at radius 1 is 1.12 bits per heavy atom. The predicted molar refractivity (Wildman–Crippen MR) is 103 cm³/mol. The molecule has 2 aromatic carbocycles. The van der Waals surface area contributed by atoms with Crippen LogP contribution in [0.3, 0.4) is 0 Å². The Labute approximate surface area is 184 Å². The van der Waals surface area contributed by atoms with Crippen LogP contribution in [-0.2, 0) is 19.2 Å². The van der Waals surface area contributed by atoms with E-state index in [4.69, 9.17) is 4.74 Å². The molecule has 0 fully saturated rings. The summed E-state index contributed by atoms with van der Waals surface area (Å²) in [4.78, 5) is 0. The highest BCUT2D eigenvalue weighted by Gasteiger charge is 2.43. The lowest BCUT2D eigenvalue weighted by Crippen LogP contribution is -2.25. The van der Waals surface area contributed by atoms with Crippen molar-refractivity contribution in [2.24, 2.45) is 0 Å². The van der Waals surface area contributed by atoms with Gasteiger partial charge < -0.3 is 19.3 Å². The van der Waals surface area contributed by atoms with Gasteiger partial charge in [-0.05, 0) is 49.1 Å². The molecule has 1 atom stereocenters. The number of aliphatic hydroxyl groups is 1. The summed E-state index contributed by atoms with van der Waals surface area (Å²) in [5, 5.41) is 14.2. The first kappa shape index (κ1) is 21.5. The molecule has 0 radical (unpaired) electrons. The van der Waals surface area contributed by atoms with Crippen LogP contribution in [0.4, 0.5) is 22.0 Å². The number of benzene rings is 2. The Hall–Kier alpha value is -3.34. The maximum atomic E-state index is 13.5. The molecule has 2 heterocycles. The summed E-state index contributed by atoms with van der Waals surface area (Å²) >= 11 is 0. The smallest absolute Gasteiger partial charge is 0.489 e. The third-order valence-corrected chi connectivity index (χ3v) is 5.45. The Morgan fingerprint density at radius 2 is 1.91 bits per heavy atom. The summed E-state index contributed by atoms with van der Waals surface area (Å²) in [5.41, 5.74) is -0.0517. The SMILES string of the molecule is OC1CCCc2c(C(F)(F)F)nn(-c3cccc(OCc4ccc5c(c4)OC(F)(F)O5)c3)c21. The second kappa shape index (κ2) is 7.62. The summed E-state index contributed by atoms with van der Waals surface area (Å²) in [5.74, 6) is 0.110. The second-order valence-electron chi connectivity index (χ2n) is 7.76. The van der Waals surface area contributed by atoms with Crippen LogP contribution in [0.5, 0.6) is 17.2 Å². The zero-order valence-corrected chi connectivity index (χ0v) is 16.9. The quantitative estimate of drug-likeness (QED) is 0.536. The van der Waals surface area contributed by atoms with Gasteiger partial charge in [-0.15, -0.1) is 8.78 Å². The lowest BCUT2D eigenvalue weighted by molar-refractivity contribution is -0.286. The highest BCUT2D eigenvalue weighted by molar-refractivity contribution is 5.46. The first-order valence-electron chi connectivity index (χ1n) is 10.1. The van der Waals surface area contributed by atoms with Gasteiger partial charge in [-0.25, -0.2) is 4.68 Å². The van der Waals surface area contributed by atoms with Crippen molar-refractivity contribution in [1.82, 2.24) is 9.78 Å². The van der Waals surface area contributed by atoms with Crippen LogP contribution in [0.2, 0.25) is 0 Å². The summed E-state index contributed by atoms with van der Waals surface area (Å²) in [7, 11) is 0. The maximum absolute atomic E-state index is 13.5. The van der Waals surface area contributed by atoms with Crippen LogP contribution in [0.1, 0.15) is 41.5 Å². The second-order valence-corrected chi connectivity index (χ2v) is 7.76. The van der Waals surface area contributed by atoms with Gasteiger partial charge in [-0.2, -0.15) is 18.3 Å². The number of aromatic nitrogens is 2. The van der Waals surface area contributed by atoms with Gasteiger partial charge in [0.2, 0.25) is 0 Å². The number of rotatable bonds is 4. The van der Waals surface area contributed by atoms with Crippen molar-refractivity contribution < 1.29 is 41.3 Å². The van der Waals surface area contributed by atoms with E-state index in [0.29, 0.717) is 29.8 Å². The number of halogens is 5. The minimum atomic E-state index is -4.64. The van der Waals surface area contributed by atoms with E-state index in [0.717, 1.165) is 4.68 Å². The molecule has 5 rings (SSSR count). The molecule has 0 amide bonds. The van der Waals surface area contributed by atoms with Crippen molar-refractivity contribution in [3.8, 4) is 22.9 Å². The molecular formula is C22H17F5N2O4. The molecule has 1 aromatic heterocycles. The van der Waals surface area contributed by atoms with Crippen LogP contribution in [0, 0.1) is 0 Å². The van der Waals surface area contributed by atoms with Crippen LogP contribution in [-0.4, -0.2) is 21.2 Å². The van der Waals surface area contributed by atoms with Crippen LogP contribution < -0.4 is 14.2 Å². The van der Waals surface area contributed by atoms with Gasteiger partial charge >= 0.3 is 12.5 Å². The van der Waals surface area contributed by atoms with Crippen molar-refractivity contribution in [3.05, 3.63) is 65.0 Å². The van der Waals surface area contributed by atoms with Crippen LogP contribution in [0.25, 0.3) is 5.69 Å². The Balaban J connectivity index is 1.40. The van der Waals surface area contributed by atoms with Crippen molar-refractivity contribution >= 4 is 0 Å². The Kier molecular flexibility index (Phi) is 4.96. The van der Waals surface area contributed by atoms with Gasteiger partial charge in [0.15, 0.2) is 17.2 Å². The molecule has 0 saturated carbocycles. The summed E-state index contributed by atoms with van der Waals surface area (Å²) in [6.45, 7) is -0.0146.